The second kappa shape index (κ2) is 4.54. The van der Waals surface area contributed by atoms with E-state index in [1.165, 1.54) is 6.08 Å². The zero-order valence-electron chi connectivity index (χ0n) is 7.05. The van der Waals surface area contributed by atoms with Gasteiger partial charge in [0.15, 0.2) is 5.76 Å². The summed E-state index contributed by atoms with van der Waals surface area (Å²) in [7, 11) is 0. The van der Waals surface area contributed by atoms with Gasteiger partial charge < -0.3 is 9.84 Å². The van der Waals surface area contributed by atoms with Gasteiger partial charge in [0, 0.05) is 6.08 Å². The molecule has 3 N–H and O–H groups in total. The Morgan fingerprint density at radius 1 is 1.67 bits per heavy atom. The molecule has 4 nitrogen and oxygen atoms in total. The molecule has 1 heterocycles. The number of nitrogens with one attached hydrogen (secondary N) is 2. The number of ether oxygens (including phenoxy) is 1. The van der Waals surface area contributed by atoms with Gasteiger partial charge in [0.25, 0.3) is 0 Å². The molecule has 1 aliphatic heterocycles. The molecule has 0 fully saturated rings. The Kier molecular flexibility index (Phi) is 3.32. The summed E-state index contributed by atoms with van der Waals surface area (Å²) in [6.07, 6.45) is 6.05. The summed E-state index contributed by atoms with van der Waals surface area (Å²) in [5.74, 6) is 0.437. The average molecular weight is 169 g/mol. The quantitative estimate of drug-likeness (QED) is 0.548. The van der Waals surface area contributed by atoms with Crippen molar-refractivity contribution in [3.63, 3.8) is 0 Å². The summed E-state index contributed by atoms with van der Waals surface area (Å²) < 4.78 is 5.22. The van der Waals surface area contributed by atoms with E-state index < -0.39 is 0 Å². The molecule has 4 heteroatoms. The minimum atomic E-state index is 0.0739. The van der Waals surface area contributed by atoms with Gasteiger partial charge in [-0.05, 0) is 6.42 Å². The summed E-state index contributed by atoms with van der Waals surface area (Å²) >= 11 is 0. The molecule has 67 valence electrons. The van der Waals surface area contributed by atoms with Crippen LogP contribution in [0.15, 0.2) is 17.7 Å². The maximum Gasteiger partial charge on any atom is 0.249 e. The van der Waals surface area contributed by atoms with Crippen LogP contribution in [0.4, 0.5) is 0 Å². The summed E-state index contributed by atoms with van der Waals surface area (Å²) in [5.41, 5.74) is 5.24. The highest BCUT2D eigenvalue weighted by Crippen LogP contribution is 2.04. The molecular weight excluding hydrogens is 156 g/mol. The molecule has 0 aromatic rings. The first-order chi connectivity index (χ1) is 5.84. The summed E-state index contributed by atoms with van der Waals surface area (Å²) in [4.78, 5) is 0. The monoisotopic (exact) mass is 169 g/mol. The van der Waals surface area contributed by atoms with Crippen LogP contribution in [0.1, 0.15) is 19.8 Å². The van der Waals surface area contributed by atoms with Gasteiger partial charge in [0.2, 0.25) is 5.88 Å². The van der Waals surface area contributed by atoms with Crippen LogP contribution >= 0.6 is 0 Å². The van der Waals surface area contributed by atoms with Gasteiger partial charge in [0.1, 0.15) is 0 Å². The lowest BCUT2D eigenvalue weighted by Gasteiger charge is -2.15. The summed E-state index contributed by atoms with van der Waals surface area (Å²) in [5, 5.41) is 9.20. The van der Waals surface area contributed by atoms with Gasteiger partial charge in [-0.25, -0.2) is 0 Å². The highest BCUT2D eigenvalue weighted by molar-refractivity contribution is 5.13. The van der Waals surface area contributed by atoms with Crippen molar-refractivity contribution in [3.8, 4) is 0 Å². The van der Waals surface area contributed by atoms with Crippen LogP contribution in [-0.4, -0.2) is 11.7 Å². The Morgan fingerprint density at radius 2 is 2.50 bits per heavy atom. The molecule has 0 saturated carbocycles. The van der Waals surface area contributed by atoms with Crippen molar-refractivity contribution in [2.75, 3.05) is 6.61 Å². The van der Waals surface area contributed by atoms with E-state index in [1.54, 1.807) is 0 Å². The van der Waals surface area contributed by atoms with E-state index in [0.717, 1.165) is 12.8 Å². The first-order valence-electron chi connectivity index (χ1n) is 4.00. The Bertz CT molecular complexity index is 199. The lowest BCUT2D eigenvalue weighted by molar-refractivity contribution is 0.160. The average Bonchev–Trinajstić information content (AvgIpc) is 2.09. The zero-order valence-corrected chi connectivity index (χ0v) is 7.05. The predicted octanol–water partition coefficient (Wildman–Crippen LogP) is 0.955. The number of unbranched alkanes of at least 4 members (excludes halogenated alkanes) is 1. The number of rotatable bonds is 4. The third-order valence-corrected chi connectivity index (χ3v) is 1.43. The maximum absolute atomic E-state index is 9.20. The molecule has 0 spiro atoms. The maximum atomic E-state index is 9.20. The lowest BCUT2D eigenvalue weighted by Crippen LogP contribution is -2.31. The first-order valence-corrected chi connectivity index (χ1v) is 4.00. The minimum Gasteiger partial charge on any atom is -0.503 e. The number of hydrazine groups is 1. The number of hydrogen-bond acceptors (Lipinski definition) is 4. The standard InChI is InChI=1S/C8H13N2O2/c1-2-3-6-12-8-7(11)4-5-9-10-8/h4,9-11H,2-3,6H2,1H3. The van der Waals surface area contributed by atoms with Crippen LogP contribution in [0, 0.1) is 6.20 Å². The van der Waals surface area contributed by atoms with E-state index in [-0.39, 0.29) is 5.76 Å². The van der Waals surface area contributed by atoms with Crippen LogP contribution in [0.25, 0.3) is 0 Å². The molecule has 1 rings (SSSR count). The van der Waals surface area contributed by atoms with Gasteiger partial charge in [-0.2, -0.15) is 0 Å². The summed E-state index contributed by atoms with van der Waals surface area (Å²) in [6.45, 7) is 2.69. The third kappa shape index (κ3) is 2.38. The van der Waals surface area contributed by atoms with E-state index in [2.05, 4.69) is 24.0 Å². The molecule has 0 atom stereocenters. The zero-order chi connectivity index (χ0) is 8.81. The molecule has 0 aromatic heterocycles. The molecule has 0 amide bonds. The Labute approximate surface area is 71.9 Å². The first kappa shape index (κ1) is 8.77. The topological polar surface area (TPSA) is 53.5 Å². The molecule has 0 aromatic carbocycles. The number of aliphatic hydroxyl groups is 1. The molecular formula is C8H13N2O2. The van der Waals surface area contributed by atoms with Crippen molar-refractivity contribution in [3.05, 3.63) is 23.9 Å². The lowest BCUT2D eigenvalue weighted by atomic mass is 10.4. The minimum absolute atomic E-state index is 0.0739. The molecule has 0 aliphatic carbocycles. The van der Waals surface area contributed by atoms with Crippen LogP contribution in [0.5, 0.6) is 0 Å². The molecule has 1 aliphatic rings. The molecule has 0 saturated heterocycles. The van der Waals surface area contributed by atoms with E-state index >= 15 is 0 Å². The molecule has 12 heavy (non-hydrogen) atoms. The van der Waals surface area contributed by atoms with Gasteiger partial charge in [0.05, 0.1) is 12.8 Å². The van der Waals surface area contributed by atoms with E-state index in [1.807, 2.05) is 0 Å². The molecule has 1 radical (unpaired) electrons. The van der Waals surface area contributed by atoms with Crippen molar-refractivity contribution < 1.29 is 9.84 Å². The van der Waals surface area contributed by atoms with Crippen LogP contribution < -0.4 is 10.9 Å². The normalized spacial score (nSPS) is 15.4. The second-order valence-corrected chi connectivity index (χ2v) is 2.46. The van der Waals surface area contributed by atoms with Crippen molar-refractivity contribution in [1.29, 1.82) is 0 Å². The van der Waals surface area contributed by atoms with Crippen LogP contribution in [0.3, 0.4) is 0 Å². The summed E-state index contributed by atoms with van der Waals surface area (Å²) in [6, 6.07) is 0. The van der Waals surface area contributed by atoms with E-state index in [9.17, 15) is 5.11 Å². The van der Waals surface area contributed by atoms with Gasteiger partial charge in [-0.15, -0.1) is 0 Å². The van der Waals surface area contributed by atoms with Gasteiger partial charge in [-0.1, -0.05) is 13.3 Å². The van der Waals surface area contributed by atoms with E-state index in [0.29, 0.717) is 12.5 Å². The van der Waals surface area contributed by atoms with Crippen LogP contribution in [0.2, 0.25) is 0 Å². The third-order valence-electron chi connectivity index (χ3n) is 1.43. The van der Waals surface area contributed by atoms with Gasteiger partial charge in [-0.3, -0.25) is 10.9 Å². The Hall–Kier alpha value is -1.32. The fraction of sp³-hybridized carbons (Fsp3) is 0.500. The second-order valence-electron chi connectivity index (χ2n) is 2.46. The largest absolute Gasteiger partial charge is 0.503 e. The number of aliphatic hydroxyl groups excluding tert-OH is 1. The molecule has 0 bridgehead atoms. The van der Waals surface area contributed by atoms with Crippen molar-refractivity contribution in [2.45, 2.75) is 19.8 Å². The SMILES string of the molecule is CCCCOC1=C(O)C=[C]NN1. The number of hydrogen-bond donors (Lipinski definition) is 3. The van der Waals surface area contributed by atoms with E-state index in [4.69, 9.17) is 4.74 Å². The smallest absolute Gasteiger partial charge is 0.249 e. The molecule has 0 unspecified atom stereocenters. The van der Waals surface area contributed by atoms with Crippen molar-refractivity contribution in [1.82, 2.24) is 10.9 Å². The Morgan fingerprint density at radius 3 is 3.17 bits per heavy atom. The van der Waals surface area contributed by atoms with Gasteiger partial charge >= 0.3 is 0 Å². The Balaban J connectivity index is 2.34. The fourth-order valence-electron chi connectivity index (χ4n) is 0.755. The predicted molar refractivity (Wildman–Crippen MR) is 44.6 cm³/mol. The van der Waals surface area contributed by atoms with Crippen LogP contribution in [-0.2, 0) is 4.74 Å². The highest BCUT2D eigenvalue weighted by atomic mass is 16.5. The fourth-order valence-corrected chi connectivity index (χ4v) is 0.755. The highest BCUT2D eigenvalue weighted by Gasteiger charge is 2.06. The van der Waals surface area contributed by atoms with Crippen molar-refractivity contribution in [2.24, 2.45) is 0 Å². The van der Waals surface area contributed by atoms with Crippen molar-refractivity contribution >= 4 is 0 Å². The number of allylic oxidation sites excluding steroid dienone is 1.